The molecule has 0 radical (unpaired) electrons. The molecule has 0 aliphatic carbocycles. The standard InChI is InChI=1S/C20H24N2O6/c1-12-10-17(24)19(26)20(28-12)16(14-4-6-15(27-3)7-5-14)11-18(25)22-9-8-21-13(2)23/h4-7,10,16,26H,8-9,11H2,1-3H3,(H,21,23)(H,22,25). The second kappa shape index (κ2) is 9.59. The van der Waals surface area contributed by atoms with Gasteiger partial charge in [-0.2, -0.15) is 0 Å². The second-order valence-corrected chi connectivity index (χ2v) is 6.30. The third-order valence-electron chi connectivity index (χ3n) is 4.12. The Hall–Kier alpha value is -3.29. The first-order valence-corrected chi connectivity index (χ1v) is 8.80. The summed E-state index contributed by atoms with van der Waals surface area (Å²) < 4.78 is 10.7. The summed E-state index contributed by atoms with van der Waals surface area (Å²) in [5.41, 5.74) is 0.116. The van der Waals surface area contributed by atoms with E-state index in [1.165, 1.54) is 13.0 Å². The number of carbonyl (C=O) groups excluding carboxylic acids is 2. The number of ether oxygens (including phenoxy) is 1. The number of nitrogens with one attached hydrogen (secondary N) is 2. The maximum atomic E-state index is 12.4. The fourth-order valence-electron chi connectivity index (χ4n) is 2.76. The van der Waals surface area contributed by atoms with Gasteiger partial charge in [0.25, 0.3) is 0 Å². The van der Waals surface area contributed by atoms with Crippen molar-refractivity contribution in [3.63, 3.8) is 0 Å². The zero-order valence-electron chi connectivity index (χ0n) is 16.1. The molecule has 2 amide bonds. The summed E-state index contributed by atoms with van der Waals surface area (Å²) >= 11 is 0. The monoisotopic (exact) mass is 388 g/mol. The Balaban J connectivity index is 2.28. The number of amides is 2. The maximum Gasteiger partial charge on any atom is 0.227 e. The van der Waals surface area contributed by atoms with Crippen molar-refractivity contribution in [2.24, 2.45) is 0 Å². The zero-order chi connectivity index (χ0) is 20.7. The molecule has 2 aromatic rings. The van der Waals surface area contributed by atoms with Gasteiger partial charge in [0.1, 0.15) is 11.5 Å². The van der Waals surface area contributed by atoms with Crippen molar-refractivity contribution in [2.75, 3.05) is 20.2 Å². The molecule has 0 saturated carbocycles. The zero-order valence-corrected chi connectivity index (χ0v) is 16.1. The highest BCUT2D eigenvalue weighted by Gasteiger charge is 2.25. The van der Waals surface area contributed by atoms with Crippen LogP contribution in [0.3, 0.4) is 0 Å². The predicted octanol–water partition coefficient (Wildman–Crippen LogP) is 1.44. The van der Waals surface area contributed by atoms with E-state index >= 15 is 0 Å². The largest absolute Gasteiger partial charge is 0.502 e. The van der Waals surface area contributed by atoms with E-state index in [0.29, 0.717) is 23.6 Å². The first kappa shape index (κ1) is 21.0. The molecule has 2 rings (SSSR count). The van der Waals surface area contributed by atoms with Gasteiger partial charge < -0.3 is 24.9 Å². The van der Waals surface area contributed by atoms with Gasteiger partial charge in [0.05, 0.1) is 13.0 Å². The van der Waals surface area contributed by atoms with E-state index < -0.39 is 17.1 Å². The van der Waals surface area contributed by atoms with Crippen molar-refractivity contribution in [3.05, 3.63) is 57.6 Å². The van der Waals surface area contributed by atoms with Crippen molar-refractivity contribution in [1.82, 2.24) is 10.6 Å². The first-order valence-electron chi connectivity index (χ1n) is 8.80. The summed E-state index contributed by atoms with van der Waals surface area (Å²) in [4.78, 5) is 35.3. The lowest BCUT2D eigenvalue weighted by atomic mass is 9.91. The van der Waals surface area contributed by atoms with E-state index in [4.69, 9.17) is 9.15 Å². The third kappa shape index (κ3) is 5.60. The average molecular weight is 388 g/mol. The van der Waals surface area contributed by atoms with E-state index in [1.807, 2.05) is 0 Å². The fraction of sp³-hybridized carbons (Fsp3) is 0.350. The van der Waals surface area contributed by atoms with E-state index in [9.17, 15) is 19.5 Å². The van der Waals surface area contributed by atoms with Gasteiger partial charge in [-0.15, -0.1) is 0 Å². The van der Waals surface area contributed by atoms with Crippen LogP contribution < -0.4 is 20.8 Å². The second-order valence-electron chi connectivity index (χ2n) is 6.30. The van der Waals surface area contributed by atoms with E-state index in [0.717, 1.165) is 0 Å². The molecule has 28 heavy (non-hydrogen) atoms. The lowest BCUT2D eigenvalue weighted by Gasteiger charge is -2.18. The van der Waals surface area contributed by atoms with E-state index in [-0.39, 0.29) is 30.5 Å². The molecule has 1 aromatic carbocycles. The van der Waals surface area contributed by atoms with Crippen molar-refractivity contribution in [1.29, 1.82) is 0 Å². The SMILES string of the molecule is COc1ccc(C(CC(=O)NCCNC(C)=O)c2oc(C)cc(=O)c2O)cc1. The van der Waals surface area contributed by atoms with Gasteiger partial charge >= 0.3 is 0 Å². The molecule has 1 heterocycles. The number of hydrogen-bond donors (Lipinski definition) is 3. The minimum atomic E-state index is -0.667. The van der Waals surface area contributed by atoms with Crippen molar-refractivity contribution < 1.29 is 23.8 Å². The van der Waals surface area contributed by atoms with Crippen LogP contribution in [0.5, 0.6) is 11.5 Å². The molecule has 1 unspecified atom stereocenters. The number of aryl methyl sites for hydroxylation is 1. The Morgan fingerprint density at radius 3 is 2.43 bits per heavy atom. The Morgan fingerprint density at radius 1 is 1.18 bits per heavy atom. The summed E-state index contributed by atoms with van der Waals surface area (Å²) in [6.07, 6.45) is -0.0493. The molecule has 0 fully saturated rings. The van der Waals surface area contributed by atoms with Gasteiger partial charge in [0.2, 0.25) is 23.0 Å². The van der Waals surface area contributed by atoms with Crippen molar-refractivity contribution in [3.8, 4) is 11.5 Å². The van der Waals surface area contributed by atoms with Gasteiger partial charge in [-0.1, -0.05) is 12.1 Å². The molecule has 150 valence electrons. The van der Waals surface area contributed by atoms with Gasteiger partial charge in [-0.25, -0.2) is 0 Å². The highest BCUT2D eigenvalue weighted by atomic mass is 16.5. The van der Waals surface area contributed by atoms with Crippen LogP contribution in [0.15, 0.2) is 39.5 Å². The van der Waals surface area contributed by atoms with Gasteiger partial charge in [-0.3, -0.25) is 14.4 Å². The summed E-state index contributed by atoms with van der Waals surface area (Å²) in [6.45, 7) is 3.56. The molecule has 0 bridgehead atoms. The fourth-order valence-corrected chi connectivity index (χ4v) is 2.76. The summed E-state index contributed by atoms with van der Waals surface area (Å²) in [6, 6.07) is 8.13. The van der Waals surface area contributed by atoms with E-state index in [1.54, 1.807) is 38.3 Å². The highest BCUT2D eigenvalue weighted by Crippen LogP contribution is 2.33. The number of carbonyl (C=O) groups is 2. The third-order valence-corrected chi connectivity index (χ3v) is 4.12. The van der Waals surface area contributed by atoms with Crippen LogP contribution in [0.2, 0.25) is 0 Å². The average Bonchev–Trinajstić information content (AvgIpc) is 2.66. The quantitative estimate of drug-likeness (QED) is 0.589. The topological polar surface area (TPSA) is 118 Å². The van der Waals surface area contributed by atoms with Crippen LogP contribution in [0.25, 0.3) is 0 Å². The predicted molar refractivity (Wildman–Crippen MR) is 103 cm³/mol. The summed E-state index contributed by atoms with van der Waals surface area (Å²) in [5, 5.41) is 15.5. The number of aromatic hydroxyl groups is 1. The molecule has 1 atom stereocenters. The van der Waals surface area contributed by atoms with Crippen LogP contribution in [-0.2, 0) is 9.59 Å². The van der Waals surface area contributed by atoms with Crippen LogP contribution in [0, 0.1) is 6.92 Å². The molecule has 0 aliphatic rings. The van der Waals surface area contributed by atoms with Gasteiger partial charge in [0.15, 0.2) is 5.76 Å². The van der Waals surface area contributed by atoms with Crippen LogP contribution in [0.4, 0.5) is 0 Å². The number of benzene rings is 1. The number of hydrogen-bond acceptors (Lipinski definition) is 6. The molecular weight excluding hydrogens is 364 g/mol. The lowest BCUT2D eigenvalue weighted by Crippen LogP contribution is -2.34. The molecule has 3 N–H and O–H groups in total. The van der Waals surface area contributed by atoms with Gasteiger partial charge in [-0.05, 0) is 24.6 Å². The minimum Gasteiger partial charge on any atom is -0.502 e. The molecule has 0 saturated heterocycles. The number of methoxy groups -OCH3 is 1. The smallest absolute Gasteiger partial charge is 0.227 e. The van der Waals surface area contributed by atoms with Crippen LogP contribution in [-0.4, -0.2) is 37.1 Å². The maximum absolute atomic E-state index is 12.4. The Kier molecular flexibility index (Phi) is 7.20. The Bertz CT molecular complexity index is 889. The molecular formula is C20H24N2O6. The number of rotatable bonds is 8. The summed E-state index contributed by atoms with van der Waals surface area (Å²) in [5.74, 6) is -0.671. The molecule has 0 spiro atoms. The Labute approximate surface area is 162 Å². The highest BCUT2D eigenvalue weighted by molar-refractivity contribution is 5.77. The Morgan fingerprint density at radius 2 is 1.82 bits per heavy atom. The van der Waals surface area contributed by atoms with Crippen LogP contribution in [0.1, 0.15) is 36.3 Å². The lowest BCUT2D eigenvalue weighted by molar-refractivity contribution is -0.122. The minimum absolute atomic E-state index is 0.0344. The molecule has 8 heteroatoms. The van der Waals surface area contributed by atoms with E-state index in [2.05, 4.69) is 10.6 Å². The first-order chi connectivity index (χ1) is 13.3. The summed E-state index contributed by atoms with van der Waals surface area (Å²) in [7, 11) is 1.54. The van der Waals surface area contributed by atoms with Crippen molar-refractivity contribution in [2.45, 2.75) is 26.2 Å². The molecule has 1 aromatic heterocycles. The molecule has 0 aliphatic heterocycles. The van der Waals surface area contributed by atoms with Gasteiger partial charge in [0, 0.05) is 32.5 Å². The van der Waals surface area contributed by atoms with Crippen LogP contribution >= 0.6 is 0 Å². The van der Waals surface area contributed by atoms with Crippen molar-refractivity contribution >= 4 is 11.8 Å². The normalized spacial score (nSPS) is 11.5. The molecule has 8 nitrogen and oxygen atoms in total.